The van der Waals surface area contributed by atoms with Gasteiger partial charge in [0.05, 0.1) is 11.9 Å². The number of fused-ring (bicyclic) bond motifs is 2. The largest absolute Gasteiger partial charge is 0.480 e. The quantitative estimate of drug-likeness (QED) is 0.694. The van der Waals surface area contributed by atoms with Crippen molar-refractivity contribution >= 4 is 28.5 Å². The van der Waals surface area contributed by atoms with Gasteiger partial charge in [-0.05, 0) is 19.1 Å². The Morgan fingerprint density at radius 2 is 2.18 bits per heavy atom. The molecule has 0 unspecified atom stereocenters. The van der Waals surface area contributed by atoms with Gasteiger partial charge in [0.25, 0.3) is 0 Å². The van der Waals surface area contributed by atoms with E-state index >= 15 is 0 Å². The highest BCUT2D eigenvalue weighted by molar-refractivity contribution is 5.86. The van der Waals surface area contributed by atoms with Gasteiger partial charge in [0.15, 0.2) is 5.82 Å². The van der Waals surface area contributed by atoms with E-state index in [1.54, 1.807) is 23.0 Å². The standard InChI is InChI=1S/C19H16FN5O3/c1-10(19(27)28)23-16(26)9-25-5-4-11-7-22-17(24-18(11)25)13-2-3-15-14(13)6-12(20)8-21-15/h2,4-8,10H,3,9H2,1H3,(H,23,26)(H,27,28)/t10-/m0/s1. The van der Waals surface area contributed by atoms with Gasteiger partial charge < -0.3 is 15.0 Å². The van der Waals surface area contributed by atoms with Gasteiger partial charge in [-0.1, -0.05) is 6.08 Å². The monoisotopic (exact) mass is 381 g/mol. The highest BCUT2D eigenvalue weighted by Crippen LogP contribution is 2.30. The molecule has 3 aromatic rings. The lowest BCUT2D eigenvalue weighted by molar-refractivity contribution is -0.141. The summed E-state index contributed by atoms with van der Waals surface area (Å²) < 4.78 is 15.2. The van der Waals surface area contributed by atoms with Crippen LogP contribution >= 0.6 is 0 Å². The molecule has 0 aliphatic heterocycles. The number of carbonyl (C=O) groups is 2. The van der Waals surface area contributed by atoms with Crippen molar-refractivity contribution in [3.8, 4) is 0 Å². The molecule has 8 nitrogen and oxygen atoms in total. The van der Waals surface area contributed by atoms with E-state index in [1.807, 2.05) is 6.08 Å². The summed E-state index contributed by atoms with van der Waals surface area (Å²) in [6.07, 6.45) is 6.97. The second-order valence-electron chi connectivity index (χ2n) is 6.51. The minimum Gasteiger partial charge on any atom is -0.480 e. The van der Waals surface area contributed by atoms with E-state index in [0.717, 1.165) is 11.1 Å². The fraction of sp³-hybridized carbons (Fsp3) is 0.211. The second-order valence-corrected chi connectivity index (χ2v) is 6.51. The Hall–Kier alpha value is -3.62. The summed E-state index contributed by atoms with van der Waals surface area (Å²) in [6, 6.07) is 2.20. The normalized spacial score (nSPS) is 13.9. The summed E-state index contributed by atoms with van der Waals surface area (Å²) in [5.41, 5.74) is 2.64. The summed E-state index contributed by atoms with van der Waals surface area (Å²) in [5, 5.41) is 12.0. The minimum atomic E-state index is -1.11. The van der Waals surface area contributed by atoms with Crippen LogP contribution in [0, 0.1) is 5.82 Å². The predicted molar refractivity (Wildman–Crippen MR) is 97.7 cm³/mol. The lowest BCUT2D eigenvalue weighted by Crippen LogP contribution is -2.40. The van der Waals surface area contributed by atoms with Crippen molar-refractivity contribution in [3.05, 3.63) is 59.7 Å². The number of pyridine rings is 1. The van der Waals surface area contributed by atoms with Crippen molar-refractivity contribution in [2.45, 2.75) is 25.9 Å². The molecule has 3 aromatic heterocycles. The average Bonchev–Trinajstić information content (AvgIpc) is 3.25. The van der Waals surface area contributed by atoms with E-state index < -0.39 is 23.7 Å². The number of nitrogens with zero attached hydrogens (tertiary/aromatic N) is 4. The van der Waals surface area contributed by atoms with Crippen LogP contribution in [0.5, 0.6) is 0 Å². The van der Waals surface area contributed by atoms with Crippen LogP contribution in [0.4, 0.5) is 4.39 Å². The minimum absolute atomic E-state index is 0.0800. The topological polar surface area (TPSA) is 110 Å². The van der Waals surface area contributed by atoms with Crippen molar-refractivity contribution in [3.63, 3.8) is 0 Å². The molecule has 3 heterocycles. The summed E-state index contributed by atoms with van der Waals surface area (Å²) in [4.78, 5) is 36.0. The number of hydrogen-bond donors (Lipinski definition) is 2. The molecule has 0 aromatic carbocycles. The third-order valence-electron chi connectivity index (χ3n) is 4.53. The first-order valence-electron chi connectivity index (χ1n) is 8.62. The van der Waals surface area contributed by atoms with E-state index in [1.165, 1.54) is 19.2 Å². The van der Waals surface area contributed by atoms with Crippen LogP contribution in [0.1, 0.15) is 24.0 Å². The zero-order chi connectivity index (χ0) is 19.8. The number of hydrogen-bond acceptors (Lipinski definition) is 5. The van der Waals surface area contributed by atoms with E-state index in [0.29, 0.717) is 29.0 Å². The number of nitrogens with one attached hydrogen (secondary N) is 1. The highest BCUT2D eigenvalue weighted by atomic mass is 19.1. The third-order valence-corrected chi connectivity index (χ3v) is 4.53. The van der Waals surface area contributed by atoms with Gasteiger partial charge in [-0.15, -0.1) is 0 Å². The molecular weight excluding hydrogens is 365 g/mol. The van der Waals surface area contributed by atoms with Crippen molar-refractivity contribution in [1.82, 2.24) is 24.8 Å². The maximum Gasteiger partial charge on any atom is 0.325 e. The van der Waals surface area contributed by atoms with Crippen LogP contribution in [0.3, 0.4) is 0 Å². The Kier molecular flexibility index (Phi) is 4.34. The molecule has 28 heavy (non-hydrogen) atoms. The van der Waals surface area contributed by atoms with Crippen LogP contribution in [-0.2, 0) is 22.6 Å². The molecule has 0 bridgehead atoms. The predicted octanol–water partition coefficient (Wildman–Crippen LogP) is 1.54. The van der Waals surface area contributed by atoms with Crippen LogP contribution < -0.4 is 5.32 Å². The Balaban J connectivity index is 1.64. The molecule has 2 N–H and O–H groups in total. The zero-order valence-electron chi connectivity index (χ0n) is 14.9. The summed E-state index contributed by atoms with van der Waals surface area (Å²) in [5.74, 6) is -1.56. The maximum absolute atomic E-state index is 13.6. The molecule has 4 rings (SSSR count). The lowest BCUT2D eigenvalue weighted by Gasteiger charge is -2.10. The highest BCUT2D eigenvalue weighted by Gasteiger charge is 2.21. The fourth-order valence-corrected chi connectivity index (χ4v) is 3.12. The van der Waals surface area contributed by atoms with Crippen LogP contribution in [0.25, 0.3) is 16.6 Å². The maximum atomic E-state index is 13.6. The van der Waals surface area contributed by atoms with Crippen molar-refractivity contribution in [2.24, 2.45) is 0 Å². The Morgan fingerprint density at radius 3 is 2.96 bits per heavy atom. The number of carbonyl (C=O) groups excluding carboxylic acids is 1. The van der Waals surface area contributed by atoms with Gasteiger partial charge in [-0.25, -0.2) is 14.4 Å². The lowest BCUT2D eigenvalue weighted by atomic mass is 10.1. The first kappa shape index (κ1) is 17.8. The van der Waals surface area contributed by atoms with Crippen molar-refractivity contribution in [2.75, 3.05) is 0 Å². The zero-order valence-corrected chi connectivity index (χ0v) is 14.9. The number of carboxylic acid groups (broad SMARTS) is 1. The van der Waals surface area contributed by atoms with E-state index in [9.17, 15) is 14.0 Å². The SMILES string of the molecule is C[C@H](NC(=O)Cn1ccc2cnc(C3=CCc4ncc(F)cc43)nc21)C(=O)O. The summed E-state index contributed by atoms with van der Waals surface area (Å²) in [7, 11) is 0. The van der Waals surface area contributed by atoms with Gasteiger partial charge in [-0.3, -0.25) is 14.6 Å². The number of allylic oxidation sites excluding steroid dienone is 1. The molecule has 0 radical (unpaired) electrons. The molecule has 1 amide bonds. The summed E-state index contributed by atoms with van der Waals surface area (Å²) in [6.45, 7) is 1.31. The molecule has 0 fully saturated rings. The number of rotatable bonds is 5. The van der Waals surface area contributed by atoms with Gasteiger partial charge in [0.1, 0.15) is 24.1 Å². The number of halogens is 1. The number of aliphatic carboxylic acids is 1. The molecule has 142 valence electrons. The fourth-order valence-electron chi connectivity index (χ4n) is 3.12. The average molecular weight is 381 g/mol. The van der Waals surface area contributed by atoms with Gasteiger partial charge in [0.2, 0.25) is 5.91 Å². The van der Waals surface area contributed by atoms with Gasteiger partial charge in [-0.2, -0.15) is 0 Å². The Labute approximate surface area is 158 Å². The Bertz CT molecular complexity index is 1140. The molecule has 1 atom stereocenters. The van der Waals surface area contributed by atoms with E-state index in [4.69, 9.17) is 5.11 Å². The molecule has 0 saturated heterocycles. The molecule has 1 aliphatic carbocycles. The smallest absolute Gasteiger partial charge is 0.325 e. The van der Waals surface area contributed by atoms with Gasteiger partial charge >= 0.3 is 5.97 Å². The first-order valence-corrected chi connectivity index (χ1v) is 8.62. The van der Waals surface area contributed by atoms with Crippen LogP contribution in [0.2, 0.25) is 0 Å². The van der Waals surface area contributed by atoms with E-state index in [-0.39, 0.29) is 6.54 Å². The number of amides is 1. The second kappa shape index (κ2) is 6.84. The van der Waals surface area contributed by atoms with Crippen molar-refractivity contribution in [1.29, 1.82) is 0 Å². The van der Waals surface area contributed by atoms with Crippen LogP contribution in [0.15, 0.2) is 36.8 Å². The summed E-state index contributed by atoms with van der Waals surface area (Å²) >= 11 is 0. The number of carboxylic acids is 1. The third kappa shape index (κ3) is 3.22. The molecular formula is C19H16FN5O3. The van der Waals surface area contributed by atoms with E-state index in [2.05, 4.69) is 20.3 Å². The first-order chi connectivity index (χ1) is 13.4. The number of aromatic nitrogens is 4. The molecule has 9 heteroatoms. The molecule has 0 saturated carbocycles. The van der Waals surface area contributed by atoms with Gasteiger partial charge in [0, 0.05) is 35.3 Å². The molecule has 1 aliphatic rings. The van der Waals surface area contributed by atoms with Crippen LogP contribution in [-0.4, -0.2) is 42.5 Å². The van der Waals surface area contributed by atoms with Crippen molar-refractivity contribution < 1.29 is 19.1 Å². The molecule has 0 spiro atoms. The Morgan fingerprint density at radius 1 is 1.36 bits per heavy atom.